The Bertz CT molecular complexity index is 485. The fourth-order valence-electron chi connectivity index (χ4n) is 2.39. The van der Waals surface area contributed by atoms with Crippen LogP contribution >= 0.6 is 11.8 Å². The van der Waals surface area contributed by atoms with Crippen LogP contribution in [0.2, 0.25) is 0 Å². The number of rotatable bonds is 3. The summed E-state index contributed by atoms with van der Waals surface area (Å²) in [5.41, 5.74) is 1.11. The first-order valence-electron chi connectivity index (χ1n) is 7.45. The molecule has 1 saturated heterocycles. The third kappa shape index (κ3) is 4.84. The SMILES string of the molecule is CCNC(=NCc1ccc(O)cc1)N1CCSC(C)(C)C1. The van der Waals surface area contributed by atoms with E-state index in [-0.39, 0.29) is 4.75 Å². The van der Waals surface area contributed by atoms with Crippen LogP contribution in [0.5, 0.6) is 5.75 Å². The summed E-state index contributed by atoms with van der Waals surface area (Å²) in [5, 5.41) is 12.7. The number of phenolic OH excluding ortho intramolecular Hbond substituents is 1. The molecule has 1 aromatic rings. The van der Waals surface area contributed by atoms with Crippen molar-refractivity contribution in [2.24, 2.45) is 4.99 Å². The minimum atomic E-state index is 0.271. The smallest absolute Gasteiger partial charge is 0.194 e. The Balaban J connectivity index is 2.06. The molecule has 1 heterocycles. The average molecular weight is 307 g/mol. The molecule has 1 fully saturated rings. The van der Waals surface area contributed by atoms with Gasteiger partial charge in [-0.15, -0.1) is 0 Å². The molecule has 0 unspecified atom stereocenters. The van der Waals surface area contributed by atoms with Crippen LogP contribution < -0.4 is 5.32 Å². The fraction of sp³-hybridized carbons (Fsp3) is 0.562. The van der Waals surface area contributed by atoms with Crippen molar-refractivity contribution in [3.8, 4) is 5.75 Å². The summed E-state index contributed by atoms with van der Waals surface area (Å²) in [6, 6.07) is 7.24. The topological polar surface area (TPSA) is 47.9 Å². The molecule has 0 radical (unpaired) electrons. The molecule has 4 nitrogen and oxygen atoms in total. The monoisotopic (exact) mass is 307 g/mol. The first-order valence-corrected chi connectivity index (χ1v) is 8.44. The minimum Gasteiger partial charge on any atom is -0.508 e. The molecule has 0 amide bonds. The Morgan fingerprint density at radius 2 is 2.10 bits per heavy atom. The van der Waals surface area contributed by atoms with Crippen LogP contribution in [0.3, 0.4) is 0 Å². The lowest BCUT2D eigenvalue weighted by molar-refractivity contribution is 0.376. The Hall–Kier alpha value is -1.36. The highest BCUT2D eigenvalue weighted by Gasteiger charge is 2.28. The van der Waals surface area contributed by atoms with Crippen LogP contribution in [0.4, 0.5) is 0 Å². The summed E-state index contributed by atoms with van der Waals surface area (Å²) in [4.78, 5) is 7.09. The predicted molar refractivity (Wildman–Crippen MR) is 91.0 cm³/mol. The molecule has 2 rings (SSSR count). The van der Waals surface area contributed by atoms with E-state index in [9.17, 15) is 5.11 Å². The fourth-order valence-corrected chi connectivity index (χ4v) is 3.50. The lowest BCUT2D eigenvalue weighted by Crippen LogP contribution is -2.50. The second kappa shape index (κ2) is 7.07. The van der Waals surface area contributed by atoms with Crippen molar-refractivity contribution in [3.63, 3.8) is 0 Å². The van der Waals surface area contributed by atoms with E-state index in [0.717, 1.165) is 36.9 Å². The number of nitrogens with one attached hydrogen (secondary N) is 1. The van der Waals surface area contributed by atoms with Gasteiger partial charge in [-0.25, -0.2) is 4.99 Å². The molecule has 1 aliphatic heterocycles. The molecule has 1 aliphatic rings. The van der Waals surface area contributed by atoms with Crippen molar-refractivity contribution in [3.05, 3.63) is 29.8 Å². The number of hydrogen-bond acceptors (Lipinski definition) is 3. The van der Waals surface area contributed by atoms with Crippen LogP contribution in [0.15, 0.2) is 29.3 Å². The molecular weight excluding hydrogens is 282 g/mol. The normalized spacial score (nSPS) is 18.6. The number of nitrogens with zero attached hydrogens (tertiary/aromatic N) is 2. The summed E-state index contributed by atoms with van der Waals surface area (Å²) < 4.78 is 0.271. The first kappa shape index (κ1) is 16.0. The number of phenols is 1. The van der Waals surface area contributed by atoms with E-state index in [4.69, 9.17) is 4.99 Å². The highest BCUT2D eigenvalue weighted by molar-refractivity contribution is 8.00. The van der Waals surface area contributed by atoms with Crippen LogP contribution in [-0.4, -0.2) is 46.1 Å². The second-order valence-electron chi connectivity index (χ2n) is 5.87. The van der Waals surface area contributed by atoms with Gasteiger partial charge in [0.25, 0.3) is 0 Å². The summed E-state index contributed by atoms with van der Waals surface area (Å²) in [7, 11) is 0. The first-order chi connectivity index (χ1) is 10.00. The molecule has 0 bridgehead atoms. The van der Waals surface area contributed by atoms with Crippen LogP contribution in [0, 0.1) is 0 Å². The van der Waals surface area contributed by atoms with Crippen molar-refractivity contribution in [2.45, 2.75) is 32.1 Å². The molecular formula is C16H25N3OS. The molecule has 21 heavy (non-hydrogen) atoms. The van der Waals surface area contributed by atoms with Gasteiger partial charge in [0, 0.05) is 30.1 Å². The molecule has 0 aliphatic carbocycles. The van der Waals surface area contributed by atoms with E-state index in [0.29, 0.717) is 12.3 Å². The van der Waals surface area contributed by atoms with Crippen LogP contribution in [0.25, 0.3) is 0 Å². The third-order valence-electron chi connectivity index (χ3n) is 3.41. The second-order valence-corrected chi connectivity index (χ2v) is 7.67. The van der Waals surface area contributed by atoms with Gasteiger partial charge >= 0.3 is 0 Å². The van der Waals surface area contributed by atoms with Gasteiger partial charge in [0.05, 0.1) is 6.54 Å². The van der Waals surface area contributed by atoms with Gasteiger partial charge in [-0.1, -0.05) is 12.1 Å². The summed E-state index contributed by atoms with van der Waals surface area (Å²) >= 11 is 2.02. The van der Waals surface area contributed by atoms with Gasteiger partial charge in [-0.05, 0) is 38.5 Å². The number of thioether (sulfide) groups is 1. The minimum absolute atomic E-state index is 0.271. The third-order valence-corrected chi connectivity index (χ3v) is 4.71. The highest BCUT2D eigenvalue weighted by atomic mass is 32.2. The molecule has 0 atom stereocenters. The molecule has 5 heteroatoms. The zero-order chi connectivity index (χ0) is 15.3. The summed E-state index contributed by atoms with van der Waals surface area (Å²) in [5.74, 6) is 2.42. The summed E-state index contributed by atoms with van der Waals surface area (Å²) in [6.45, 7) is 10.2. The zero-order valence-corrected chi connectivity index (χ0v) is 13.9. The van der Waals surface area contributed by atoms with Crippen molar-refractivity contribution < 1.29 is 5.11 Å². The van der Waals surface area contributed by atoms with Crippen molar-refractivity contribution in [2.75, 3.05) is 25.4 Å². The van der Waals surface area contributed by atoms with Crippen molar-refractivity contribution in [1.29, 1.82) is 0 Å². The predicted octanol–water partition coefficient (Wildman–Crippen LogP) is 2.69. The number of aliphatic imine (C=N–C) groups is 1. The molecule has 0 saturated carbocycles. The maximum atomic E-state index is 9.32. The van der Waals surface area contributed by atoms with E-state index in [1.165, 1.54) is 0 Å². The maximum Gasteiger partial charge on any atom is 0.194 e. The van der Waals surface area contributed by atoms with E-state index >= 15 is 0 Å². The average Bonchev–Trinajstić information content (AvgIpc) is 2.44. The number of aromatic hydroxyl groups is 1. The Morgan fingerprint density at radius 3 is 2.71 bits per heavy atom. The largest absolute Gasteiger partial charge is 0.508 e. The van der Waals surface area contributed by atoms with Crippen molar-refractivity contribution >= 4 is 17.7 Å². The molecule has 2 N–H and O–H groups in total. The maximum absolute atomic E-state index is 9.32. The number of hydrogen-bond donors (Lipinski definition) is 2. The van der Waals surface area contributed by atoms with Crippen LogP contribution in [0.1, 0.15) is 26.3 Å². The number of benzene rings is 1. The van der Waals surface area contributed by atoms with Crippen LogP contribution in [-0.2, 0) is 6.54 Å². The Morgan fingerprint density at radius 1 is 1.38 bits per heavy atom. The van der Waals surface area contributed by atoms with E-state index in [1.807, 2.05) is 23.9 Å². The van der Waals surface area contributed by atoms with E-state index in [1.54, 1.807) is 12.1 Å². The van der Waals surface area contributed by atoms with Gasteiger partial charge < -0.3 is 15.3 Å². The zero-order valence-electron chi connectivity index (χ0n) is 13.1. The lowest BCUT2D eigenvalue weighted by Gasteiger charge is -2.39. The Labute approximate surface area is 131 Å². The Kier molecular flexibility index (Phi) is 5.39. The molecule has 0 aromatic heterocycles. The van der Waals surface area contributed by atoms with E-state index in [2.05, 4.69) is 31.0 Å². The van der Waals surface area contributed by atoms with Gasteiger partial charge in [-0.2, -0.15) is 11.8 Å². The standard InChI is InChI=1S/C16H25N3OS/c1-4-17-15(19-9-10-21-16(2,3)12-19)18-11-13-5-7-14(20)8-6-13/h5-8,20H,4,9-12H2,1-3H3,(H,17,18). The quantitative estimate of drug-likeness (QED) is 0.666. The number of guanidine groups is 1. The summed E-state index contributed by atoms with van der Waals surface area (Å²) in [6.07, 6.45) is 0. The molecule has 1 aromatic carbocycles. The van der Waals surface area contributed by atoms with Gasteiger partial charge in [-0.3, -0.25) is 0 Å². The molecule has 116 valence electrons. The van der Waals surface area contributed by atoms with Crippen molar-refractivity contribution in [1.82, 2.24) is 10.2 Å². The molecule has 0 spiro atoms. The van der Waals surface area contributed by atoms with Gasteiger partial charge in [0.15, 0.2) is 5.96 Å². The highest BCUT2D eigenvalue weighted by Crippen LogP contribution is 2.29. The van der Waals surface area contributed by atoms with Gasteiger partial charge in [0.2, 0.25) is 0 Å². The van der Waals surface area contributed by atoms with Gasteiger partial charge in [0.1, 0.15) is 5.75 Å². The van der Waals surface area contributed by atoms with E-state index < -0.39 is 0 Å². The lowest BCUT2D eigenvalue weighted by atomic mass is 10.2.